The largest absolute Gasteiger partial charge is 0.298 e. The molecule has 2 aromatic rings. The van der Waals surface area contributed by atoms with Crippen molar-refractivity contribution in [2.75, 3.05) is 13.1 Å². The highest BCUT2D eigenvalue weighted by atomic mass is 32.1. The monoisotopic (exact) mass is 283 g/mol. The van der Waals surface area contributed by atoms with Gasteiger partial charge in [-0.1, -0.05) is 30.3 Å². The first-order valence-electron chi connectivity index (χ1n) is 7.73. The molecule has 1 aromatic carbocycles. The predicted molar refractivity (Wildman–Crippen MR) is 85.2 cm³/mol. The number of aryl methyl sites for hydroxylation is 1. The Balaban J connectivity index is 1.49. The van der Waals surface area contributed by atoms with Gasteiger partial charge in [-0.25, -0.2) is 0 Å². The molecule has 4 rings (SSSR count). The van der Waals surface area contributed by atoms with Crippen LogP contribution >= 0.6 is 11.3 Å². The minimum absolute atomic E-state index is 0.819. The van der Waals surface area contributed by atoms with E-state index in [2.05, 4.69) is 46.7 Å². The number of benzene rings is 1. The Bertz CT molecular complexity index is 575. The molecular formula is C18H21NS. The predicted octanol–water partition coefficient (Wildman–Crippen LogP) is 4.30. The molecule has 0 radical (unpaired) electrons. The van der Waals surface area contributed by atoms with Crippen molar-refractivity contribution in [1.82, 2.24) is 4.90 Å². The summed E-state index contributed by atoms with van der Waals surface area (Å²) in [5, 5.41) is 2.19. The van der Waals surface area contributed by atoms with E-state index in [4.69, 9.17) is 0 Å². The van der Waals surface area contributed by atoms with Gasteiger partial charge in [-0.2, -0.15) is 0 Å². The van der Waals surface area contributed by atoms with Crippen molar-refractivity contribution in [2.45, 2.75) is 31.7 Å². The van der Waals surface area contributed by atoms with Gasteiger partial charge in [0.25, 0.3) is 0 Å². The van der Waals surface area contributed by atoms with Crippen LogP contribution in [0, 0.1) is 5.92 Å². The van der Waals surface area contributed by atoms with E-state index in [1.165, 1.54) is 37.2 Å². The normalized spacial score (nSPS) is 26.0. The average molecular weight is 283 g/mol. The number of nitrogens with zero attached hydrogens (tertiary/aromatic N) is 1. The van der Waals surface area contributed by atoms with E-state index in [1.54, 1.807) is 11.1 Å². The highest BCUT2D eigenvalue weighted by Gasteiger charge is 2.34. The Morgan fingerprint density at radius 2 is 2.05 bits per heavy atom. The Morgan fingerprint density at radius 1 is 1.10 bits per heavy atom. The molecular weight excluding hydrogens is 262 g/mol. The SMILES string of the molecule is c1csc(CN2CC[C@H]3c4ccccc4CC[C@H]3C2)c1. The fraction of sp³-hybridized carbons (Fsp3) is 0.444. The zero-order chi connectivity index (χ0) is 13.4. The minimum atomic E-state index is 0.819. The van der Waals surface area contributed by atoms with Gasteiger partial charge in [0.15, 0.2) is 0 Å². The van der Waals surface area contributed by atoms with Crippen LogP contribution < -0.4 is 0 Å². The fourth-order valence-corrected chi connectivity index (χ4v) is 4.79. The highest BCUT2D eigenvalue weighted by molar-refractivity contribution is 7.09. The molecule has 0 bridgehead atoms. The molecule has 1 aliphatic carbocycles. The van der Waals surface area contributed by atoms with Crippen LogP contribution in [0.2, 0.25) is 0 Å². The van der Waals surface area contributed by atoms with Crippen molar-refractivity contribution < 1.29 is 0 Å². The second kappa shape index (κ2) is 5.34. The van der Waals surface area contributed by atoms with E-state index in [1.807, 2.05) is 11.3 Å². The molecule has 20 heavy (non-hydrogen) atoms. The Morgan fingerprint density at radius 3 is 2.95 bits per heavy atom. The molecule has 1 saturated heterocycles. The topological polar surface area (TPSA) is 3.24 Å². The van der Waals surface area contributed by atoms with E-state index in [0.29, 0.717) is 0 Å². The average Bonchev–Trinajstić information content (AvgIpc) is 3.00. The van der Waals surface area contributed by atoms with Crippen LogP contribution in [0.15, 0.2) is 41.8 Å². The smallest absolute Gasteiger partial charge is 0.0328 e. The summed E-state index contributed by atoms with van der Waals surface area (Å²) in [7, 11) is 0. The van der Waals surface area contributed by atoms with Gasteiger partial charge >= 0.3 is 0 Å². The van der Waals surface area contributed by atoms with E-state index >= 15 is 0 Å². The molecule has 0 amide bonds. The minimum Gasteiger partial charge on any atom is -0.298 e. The van der Waals surface area contributed by atoms with Crippen LogP contribution in [0.5, 0.6) is 0 Å². The van der Waals surface area contributed by atoms with Gasteiger partial charge in [-0.05, 0) is 60.2 Å². The molecule has 2 aliphatic rings. The van der Waals surface area contributed by atoms with Crippen molar-refractivity contribution >= 4 is 11.3 Å². The summed E-state index contributed by atoms with van der Waals surface area (Å²) in [5.41, 5.74) is 3.26. The Labute approximate surface area is 125 Å². The first-order valence-corrected chi connectivity index (χ1v) is 8.60. The van der Waals surface area contributed by atoms with E-state index in [9.17, 15) is 0 Å². The quantitative estimate of drug-likeness (QED) is 0.794. The second-order valence-electron chi connectivity index (χ2n) is 6.21. The lowest BCUT2D eigenvalue weighted by molar-refractivity contribution is 0.136. The summed E-state index contributed by atoms with van der Waals surface area (Å²) in [4.78, 5) is 4.18. The molecule has 1 fully saturated rings. The first kappa shape index (κ1) is 12.6. The van der Waals surface area contributed by atoms with Crippen molar-refractivity contribution in [3.05, 3.63) is 57.8 Å². The van der Waals surface area contributed by atoms with Gasteiger partial charge in [-0.15, -0.1) is 11.3 Å². The molecule has 0 saturated carbocycles. The summed E-state index contributed by atoms with van der Waals surface area (Å²) in [6.07, 6.45) is 4.00. The fourth-order valence-electron chi connectivity index (χ4n) is 4.04. The summed E-state index contributed by atoms with van der Waals surface area (Å²) in [6, 6.07) is 13.6. The highest BCUT2D eigenvalue weighted by Crippen LogP contribution is 2.41. The molecule has 2 atom stereocenters. The van der Waals surface area contributed by atoms with Crippen LogP contribution in [0.4, 0.5) is 0 Å². The number of likely N-dealkylation sites (tertiary alicyclic amines) is 1. The van der Waals surface area contributed by atoms with Crippen LogP contribution in [-0.4, -0.2) is 18.0 Å². The summed E-state index contributed by atoms with van der Waals surface area (Å²) < 4.78 is 0. The van der Waals surface area contributed by atoms with Gasteiger partial charge in [0.05, 0.1) is 0 Å². The third-order valence-electron chi connectivity index (χ3n) is 5.02. The number of piperidine rings is 1. The van der Waals surface area contributed by atoms with Crippen molar-refractivity contribution in [1.29, 1.82) is 0 Å². The van der Waals surface area contributed by atoms with Crippen molar-refractivity contribution in [2.24, 2.45) is 5.92 Å². The molecule has 1 nitrogen and oxygen atoms in total. The van der Waals surface area contributed by atoms with Gasteiger partial charge in [0.1, 0.15) is 0 Å². The van der Waals surface area contributed by atoms with Crippen LogP contribution in [0.1, 0.15) is 34.8 Å². The van der Waals surface area contributed by atoms with Gasteiger partial charge in [0.2, 0.25) is 0 Å². The lowest BCUT2D eigenvalue weighted by atomic mass is 9.71. The number of hydrogen-bond donors (Lipinski definition) is 0. The standard InChI is InChI=1S/C18H21NS/c1-2-6-17-14(4-1)7-8-15-12-19(10-9-18(15)17)13-16-5-3-11-20-16/h1-6,11,15,18H,7-10,12-13H2/t15-,18+/m0/s1. The maximum Gasteiger partial charge on any atom is 0.0328 e. The number of rotatable bonds is 2. The van der Waals surface area contributed by atoms with Gasteiger partial charge < -0.3 is 0 Å². The van der Waals surface area contributed by atoms with Gasteiger partial charge in [0, 0.05) is 18.0 Å². The lowest BCUT2D eigenvalue weighted by Gasteiger charge is -2.42. The lowest BCUT2D eigenvalue weighted by Crippen LogP contribution is -2.40. The molecule has 0 spiro atoms. The Hall–Kier alpha value is -1.12. The third kappa shape index (κ3) is 2.32. The maximum absolute atomic E-state index is 2.67. The number of hydrogen-bond acceptors (Lipinski definition) is 2. The first-order chi connectivity index (χ1) is 9.90. The van der Waals surface area contributed by atoms with E-state index in [0.717, 1.165) is 18.4 Å². The van der Waals surface area contributed by atoms with E-state index in [-0.39, 0.29) is 0 Å². The summed E-state index contributed by atoms with van der Waals surface area (Å²) in [6.45, 7) is 3.70. The molecule has 0 N–H and O–H groups in total. The molecule has 2 heterocycles. The molecule has 2 heteroatoms. The zero-order valence-corrected chi connectivity index (χ0v) is 12.6. The summed E-state index contributed by atoms with van der Waals surface area (Å²) in [5.74, 6) is 1.69. The third-order valence-corrected chi connectivity index (χ3v) is 5.88. The molecule has 0 unspecified atom stereocenters. The maximum atomic E-state index is 2.67. The van der Waals surface area contributed by atoms with Gasteiger partial charge in [-0.3, -0.25) is 4.90 Å². The zero-order valence-electron chi connectivity index (χ0n) is 11.8. The Kier molecular flexibility index (Phi) is 3.37. The molecule has 1 aliphatic heterocycles. The summed E-state index contributed by atoms with van der Waals surface area (Å²) >= 11 is 1.89. The van der Waals surface area contributed by atoms with Crippen LogP contribution in [-0.2, 0) is 13.0 Å². The number of fused-ring (bicyclic) bond motifs is 3. The molecule has 104 valence electrons. The van der Waals surface area contributed by atoms with Crippen molar-refractivity contribution in [3.8, 4) is 0 Å². The van der Waals surface area contributed by atoms with Crippen molar-refractivity contribution in [3.63, 3.8) is 0 Å². The number of thiophene rings is 1. The van der Waals surface area contributed by atoms with Crippen LogP contribution in [0.3, 0.4) is 0 Å². The van der Waals surface area contributed by atoms with Crippen LogP contribution in [0.25, 0.3) is 0 Å². The van der Waals surface area contributed by atoms with E-state index < -0.39 is 0 Å². The molecule has 1 aromatic heterocycles. The second-order valence-corrected chi connectivity index (χ2v) is 7.24.